The maximum absolute atomic E-state index is 5.95. The number of hydrogen-bond acceptors (Lipinski definition) is 6. The van der Waals surface area contributed by atoms with Crippen molar-refractivity contribution in [1.29, 1.82) is 0 Å². The molecule has 0 amide bonds. The molecule has 0 saturated carbocycles. The van der Waals surface area contributed by atoms with Gasteiger partial charge in [0.1, 0.15) is 6.61 Å². The minimum atomic E-state index is 0.292. The average molecular weight is 436 g/mol. The summed E-state index contributed by atoms with van der Waals surface area (Å²) < 4.78 is 6.86. The van der Waals surface area contributed by atoms with Crippen LogP contribution in [0.1, 0.15) is 26.7 Å². The molecule has 148 valence electrons. The second kappa shape index (κ2) is 10.4. The van der Waals surface area contributed by atoms with Crippen molar-refractivity contribution in [1.82, 2.24) is 19.8 Å². The van der Waals surface area contributed by atoms with Crippen LogP contribution in [0.15, 0.2) is 16.9 Å². The summed E-state index contributed by atoms with van der Waals surface area (Å²) in [5.41, 5.74) is 0. The lowest BCUT2D eigenvalue weighted by Crippen LogP contribution is -2.48. The van der Waals surface area contributed by atoms with Crippen LogP contribution in [0.5, 0.6) is 0 Å². The third kappa shape index (κ3) is 6.42. The van der Waals surface area contributed by atoms with Crippen LogP contribution in [0.4, 0.5) is 5.95 Å². The Hall–Kier alpha value is -1.20. The summed E-state index contributed by atoms with van der Waals surface area (Å²) in [5.74, 6) is 7.27. The molecule has 0 radical (unpaired) electrons. The zero-order valence-electron chi connectivity index (χ0n) is 16.4. The largest absolute Gasteiger partial charge is 0.365 e. The minimum absolute atomic E-state index is 0.292. The number of nitrogens with zero attached hydrogens (tertiary/aromatic N) is 5. The van der Waals surface area contributed by atoms with E-state index in [0.29, 0.717) is 18.8 Å². The molecule has 7 heteroatoms. The van der Waals surface area contributed by atoms with E-state index in [1.54, 1.807) is 12.4 Å². The Kier molecular flexibility index (Phi) is 7.89. The number of hydrogen-bond donors (Lipinski definition) is 0. The zero-order chi connectivity index (χ0) is 19.1. The van der Waals surface area contributed by atoms with Gasteiger partial charge in [-0.2, -0.15) is 0 Å². The van der Waals surface area contributed by atoms with Crippen LogP contribution in [-0.2, 0) is 4.74 Å². The quantitative estimate of drug-likeness (QED) is 0.660. The lowest BCUT2D eigenvalue weighted by atomic mass is 10.1. The lowest BCUT2D eigenvalue weighted by molar-refractivity contribution is 0.0592. The van der Waals surface area contributed by atoms with E-state index in [0.717, 1.165) is 69.1 Å². The molecule has 0 atom stereocenters. The summed E-state index contributed by atoms with van der Waals surface area (Å²) in [6, 6.07) is 0.647. The van der Waals surface area contributed by atoms with Crippen LogP contribution < -0.4 is 4.90 Å². The average Bonchev–Trinajstić information content (AvgIpc) is 2.69. The molecule has 2 aliphatic heterocycles. The van der Waals surface area contributed by atoms with E-state index in [9.17, 15) is 0 Å². The Bertz CT molecular complexity index is 626. The fraction of sp³-hybridized carbons (Fsp3) is 0.700. The molecular formula is C20H30BrN5O. The van der Waals surface area contributed by atoms with E-state index in [2.05, 4.69) is 66.3 Å². The summed E-state index contributed by atoms with van der Waals surface area (Å²) in [4.78, 5) is 15.9. The molecule has 3 rings (SSSR count). The first-order chi connectivity index (χ1) is 13.1. The van der Waals surface area contributed by atoms with E-state index < -0.39 is 0 Å². The van der Waals surface area contributed by atoms with Gasteiger partial charge in [-0.05, 0) is 42.6 Å². The van der Waals surface area contributed by atoms with E-state index in [1.165, 1.54) is 0 Å². The molecule has 0 spiro atoms. The molecule has 0 unspecified atom stereocenters. The molecule has 1 aromatic heterocycles. The first kappa shape index (κ1) is 20.5. The summed E-state index contributed by atoms with van der Waals surface area (Å²) in [6.45, 7) is 12.3. The highest BCUT2D eigenvalue weighted by molar-refractivity contribution is 9.10. The van der Waals surface area contributed by atoms with Crippen LogP contribution in [-0.4, -0.2) is 84.3 Å². The SMILES string of the molecule is CC(C)N1CCN(CC#CCOC2CCN(c3ncc(Br)cn3)CC2)CC1. The summed E-state index contributed by atoms with van der Waals surface area (Å²) in [5, 5.41) is 0. The molecule has 27 heavy (non-hydrogen) atoms. The van der Waals surface area contributed by atoms with Gasteiger partial charge in [-0.25, -0.2) is 9.97 Å². The van der Waals surface area contributed by atoms with Crippen LogP contribution >= 0.6 is 15.9 Å². The zero-order valence-corrected chi connectivity index (χ0v) is 18.0. The number of rotatable bonds is 5. The highest BCUT2D eigenvalue weighted by Crippen LogP contribution is 2.18. The molecule has 2 aliphatic rings. The standard InChI is InChI=1S/C20H30BrN5O/c1-17(2)25-12-10-24(11-13-25)7-3-4-14-27-19-5-8-26(9-6-19)20-22-15-18(21)16-23-20/h15-17,19H,5-14H2,1-2H3. The Labute approximate surface area is 171 Å². The Morgan fingerprint density at radius 3 is 2.37 bits per heavy atom. The Morgan fingerprint density at radius 1 is 1.07 bits per heavy atom. The topological polar surface area (TPSA) is 44.7 Å². The summed E-state index contributed by atoms with van der Waals surface area (Å²) >= 11 is 3.37. The van der Waals surface area contributed by atoms with Crippen molar-refractivity contribution >= 4 is 21.9 Å². The van der Waals surface area contributed by atoms with Crippen molar-refractivity contribution in [3.63, 3.8) is 0 Å². The maximum atomic E-state index is 5.95. The van der Waals surface area contributed by atoms with E-state index in [4.69, 9.17) is 4.74 Å². The molecule has 2 fully saturated rings. The Morgan fingerprint density at radius 2 is 1.74 bits per heavy atom. The second-order valence-corrected chi connectivity index (χ2v) is 8.37. The fourth-order valence-electron chi connectivity index (χ4n) is 3.51. The molecule has 0 aromatic carbocycles. The number of piperazine rings is 1. The molecular weight excluding hydrogens is 406 g/mol. The first-order valence-corrected chi connectivity index (χ1v) is 10.7. The van der Waals surface area contributed by atoms with Crippen molar-refractivity contribution in [2.24, 2.45) is 0 Å². The molecule has 0 bridgehead atoms. The number of ether oxygens (including phenoxy) is 1. The van der Waals surface area contributed by atoms with Gasteiger partial charge in [-0.15, -0.1) is 0 Å². The Balaban J connectivity index is 1.30. The predicted molar refractivity (Wildman–Crippen MR) is 112 cm³/mol. The molecule has 3 heterocycles. The molecule has 0 N–H and O–H groups in total. The van der Waals surface area contributed by atoms with E-state index in [-0.39, 0.29) is 0 Å². The lowest BCUT2D eigenvalue weighted by Gasteiger charge is -2.36. The fourth-order valence-corrected chi connectivity index (χ4v) is 3.71. The van der Waals surface area contributed by atoms with Gasteiger partial charge in [0, 0.05) is 57.7 Å². The normalized spacial score (nSPS) is 19.9. The minimum Gasteiger partial charge on any atom is -0.365 e. The predicted octanol–water partition coefficient (Wildman–Crippen LogP) is 2.25. The van der Waals surface area contributed by atoms with Crippen molar-refractivity contribution in [2.75, 3.05) is 57.3 Å². The van der Waals surface area contributed by atoms with Gasteiger partial charge in [0.2, 0.25) is 5.95 Å². The highest BCUT2D eigenvalue weighted by atomic mass is 79.9. The number of piperidine rings is 1. The first-order valence-electron chi connectivity index (χ1n) is 9.88. The summed E-state index contributed by atoms with van der Waals surface area (Å²) in [6.07, 6.45) is 5.88. The van der Waals surface area contributed by atoms with Gasteiger partial charge < -0.3 is 9.64 Å². The van der Waals surface area contributed by atoms with Crippen LogP contribution in [0.25, 0.3) is 0 Å². The third-order valence-electron chi connectivity index (χ3n) is 5.29. The maximum Gasteiger partial charge on any atom is 0.225 e. The number of anilines is 1. The third-order valence-corrected chi connectivity index (χ3v) is 5.70. The van der Waals surface area contributed by atoms with Gasteiger partial charge >= 0.3 is 0 Å². The molecule has 2 saturated heterocycles. The van der Waals surface area contributed by atoms with Gasteiger partial charge in [-0.3, -0.25) is 9.80 Å². The molecule has 6 nitrogen and oxygen atoms in total. The van der Waals surface area contributed by atoms with E-state index in [1.807, 2.05) is 0 Å². The van der Waals surface area contributed by atoms with Crippen LogP contribution in [0, 0.1) is 11.8 Å². The molecule has 1 aromatic rings. The number of halogens is 1. The van der Waals surface area contributed by atoms with Crippen LogP contribution in [0.3, 0.4) is 0 Å². The monoisotopic (exact) mass is 435 g/mol. The van der Waals surface area contributed by atoms with Gasteiger partial charge in [0.15, 0.2) is 0 Å². The number of aromatic nitrogens is 2. The van der Waals surface area contributed by atoms with Crippen molar-refractivity contribution in [2.45, 2.75) is 38.8 Å². The smallest absolute Gasteiger partial charge is 0.225 e. The summed E-state index contributed by atoms with van der Waals surface area (Å²) in [7, 11) is 0. The molecule has 0 aliphatic carbocycles. The van der Waals surface area contributed by atoms with E-state index >= 15 is 0 Å². The van der Waals surface area contributed by atoms with Crippen LogP contribution in [0.2, 0.25) is 0 Å². The van der Waals surface area contributed by atoms with Crippen molar-refractivity contribution < 1.29 is 4.74 Å². The van der Waals surface area contributed by atoms with Gasteiger partial charge in [0.05, 0.1) is 17.1 Å². The van der Waals surface area contributed by atoms with Crippen molar-refractivity contribution in [3.05, 3.63) is 16.9 Å². The van der Waals surface area contributed by atoms with Gasteiger partial charge in [0.25, 0.3) is 0 Å². The van der Waals surface area contributed by atoms with Gasteiger partial charge in [-0.1, -0.05) is 11.8 Å². The second-order valence-electron chi connectivity index (χ2n) is 7.46. The van der Waals surface area contributed by atoms with Crippen molar-refractivity contribution in [3.8, 4) is 11.8 Å². The highest BCUT2D eigenvalue weighted by Gasteiger charge is 2.21.